The highest BCUT2D eigenvalue weighted by molar-refractivity contribution is 5.78. The smallest absolute Gasteiger partial charge is 0.277 e. The monoisotopic (exact) mass is 439 g/mol. The lowest BCUT2D eigenvalue weighted by atomic mass is 9.92. The highest BCUT2D eigenvalue weighted by atomic mass is 16.2. The number of carbonyl (C=O) groups excluding carboxylic acids is 1. The van der Waals surface area contributed by atoms with Crippen LogP contribution in [-0.4, -0.2) is 56.0 Å². The third-order valence-electron chi connectivity index (χ3n) is 8.23. The van der Waals surface area contributed by atoms with Gasteiger partial charge in [0.2, 0.25) is 5.91 Å². The van der Waals surface area contributed by atoms with Crippen molar-refractivity contribution in [2.45, 2.75) is 90.1 Å². The predicted molar refractivity (Wildman–Crippen MR) is 125 cm³/mol. The van der Waals surface area contributed by atoms with Crippen LogP contribution in [0.5, 0.6) is 0 Å². The average Bonchev–Trinajstić information content (AvgIpc) is 3.50. The molecule has 1 saturated carbocycles. The van der Waals surface area contributed by atoms with Crippen molar-refractivity contribution in [2.24, 2.45) is 5.92 Å². The summed E-state index contributed by atoms with van der Waals surface area (Å²) in [6.07, 6.45) is 9.71. The maximum atomic E-state index is 13.3. The zero-order valence-corrected chi connectivity index (χ0v) is 19.6. The summed E-state index contributed by atoms with van der Waals surface area (Å²) in [6.45, 7) is 7.54. The van der Waals surface area contributed by atoms with E-state index in [4.69, 9.17) is 4.98 Å². The second-order valence-corrected chi connectivity index (χ2v) is 10.0. The van der Waals surface area contributed by atoms with Crippen LogP contribution in [0.4, 0.5) is 0 Å². The number of fused-ring (bicyclic) bond motifs is 2. The Labute approximate surface area is 190 Å². The van der Waals surface area contributed by atoms with Crippen molar-refractivity contribution in [2.75, 3.05) is 19.6 Å². The maximum absolute atomic E-state index is 13.3. The van der Waals surface area contributed by atoms with Crippen LogP contribution in [0.2, 0.25) is 0 Å². The number of carbonyl (C=O) groups is 1. The molecule has 2 aromatic rings. The standard InChI is InChI=1S/C25H37N5O2/c1-3-17(4-2)24(31)28-12-9-18(10-13-28)22-15-23-26-21-11-14-29(19-7-5-6-8-19)16-20(21)25(32)30(23)27-22/h15,17-19,27H,3-14,16H2,1-2H3. The van der Waals surface area contributed by atoms with Crippen molar-refractivity contribution in [1.29, 1.82) is 0 Å². The highest BCUT2D eigenvalue weighted by Crippen LogP contribution is 2.30. The van der Waals surface area contributed by atoms with Gasteiger partial charge in [0.1, 0.15) is 0 Å². The van der Waals surface area contributed by atoms with Crippen LogP contribution in [0.1, 0.15) is 88.1 Å². The number of amides is 1. The first-order chi connectivity index (χ1) is 15.6. The van der Waals surface area contributed by atoms with E-state index >= 15 is 0 Å². The molecule has 32 heavy (non-hydrogen) atoms. The minimum absolute atomic E-state index is 0.0697. The maximum Gasteiger partial charge on any atom is 0.277 e. The molecule has 174 valence electrons. The van der Waals surface area contributed by atoms with Crippen LogP contribution in [0.25, 0.3) is 5.65 Å². The molecule has 7 nitrogen and oxygen atoms in total. The summed E-state index contributed by atoms with van der Waals surface area (Å²) in [6, 6.07) is 2.70. The Morgan fingerprint density at radius 1 is 1.12 bits per heavy atom. The van der Waals surface area contributed by atoms with Gasteiger partial charge in [0.15, 0.2) is 5.65 Å². The Hall–Kier alpha value is -2.15. The van der Waals surface area contributed by atoms with Gasteiger partial charge in [0, 0.05) is 62.2 Å². The van der Waals surface area contributed by atoms with Crippen molar-refractivity contribution >= 4 is 11.6 Å². The Kier molecular flexibility index (Phi) is 6.10. The van der Waals surface area contributed by atoms with Crippen molar-refractivity contribution in [3.8, 4) is 0 Å². The first-order valence-electron chi connectivity index (χ1n) is 12.7. The number of nitrogens with one attached hydrogen (secondary N) is 1. The molecule has 7 heteroatoms. The molecular weight excluding hydrogens is 402 g/mol. The lowest BCUT2D eigenvalue weighted by molar-refractivity contribution is -0.136. The molecule has 0 unspecified atom stereocenters. The number of hydrogen-bond donors (Lipinski definition) is 1. The molecule has 4 heterocycles. The molecule has 0 spiro atoms. The van der Waals surface area contributed by atoms with Gasteiger partial charge in [-0.25, -0.2) is 9.50 Å². The number of aromatic amines is 1. The topological polar surface area (TPSA) is 73.7 Å². The van der Waals surface area contributed by atoms with E-state index in [2.05, 4.69) is 29.9 Å². The SMILES string of the molecule is CCC(CC)C(=O)N1CCC(c2cc3nc4c(c(=O)n3[nH]2)CN(C2CCCC2)CC4)CC1. The van der Waals surface area contributed by atoms with Crippen LogP contribution in [-0.2, 0) is 17.8 Å². The number of piperidine rings is 1. The summed E-state index contributed by atoms with van der Waals surface area (Å²) >= 11 is 0. The molecular formula is C25H37N5O2. The van der Waals surface area contributed by atoms with Gasteiger partial charge in [-0.2, -0.15) is 0 Å². The van der Waals surface area contributed by atoms with Crippen LogP contribution >= 0.6 is 0 Å². The Morgan fingerprint density at radius 3 is 2.53 bits per heavy atom. The van der Waals surface area contributed by atoms with Crippen molar-refractivity contribution in [3.63, 3.8) is 0 Å². The number of hydrogen-bond acceptors (Lipinski definition) is 4. The van der Waals surface area contributed by atoms with Crippen molar-refractivity contribution in [1.82, 2.24) is 24.4 Å². The summed E-state index contributed by atoms with van der Waals surface area (Å²) in [5, 5.41) is 3.38. The third kappa shape index (κ3) is 3.89. The van der Waals surface area contributed by atoms with Crippen LogP contribution in [0.3, 0.4) is 0 Å². The second kappa shape index (κ2) is 9.00. The molecule has 5 rings (SSSR count). The van der Waals surface area contributed by atoms with E-state index in [1.54, 1.807) is 4.52 Å². The number of likely N-dealkylation sites (tertiary alicyclic amines) is 1. The van der Waals surface area contributed by atoms with E-state index < -0.39 is 0 Å². The quantitative estimate of drug-likeness (QED) is 0.774. The van der Waals surface area contributed by atoms with E-state index in [9.17, 15) is 9.59 Å². The van der Waals surface area contributed by atoms with E-state index in [1.165, 1.54) is 25.7 Å². The first-order valence-corrected chi connectivity index (χ1v) is 12.7. The van der Waals surface area contributed by atoms with E-state index in [0.717, 1.165) is 80.9 Å². The fraction of sp³-hybridized carbons (Fsp3) is 0.720. The summed E-state index contributed by atoms with van der Waals surface area (Å²) in [4.78, 5) is 35.5. The number of aromatic nitrogens is 3. The van der Waals surface area contributed by atoms with Crippen LogP contribution in [0.15, 0.2) is 10.9 Å². The van der Waals surface area contributed by atoms with E-state index in [-0.39, 0.29) is 11.5 Å². The van der Waals surface area contributed by atoms with Gasteiger partial charge in [-0.3, -0.25) is 19.6 Å². The van der Waals surface area contributed by atoms with E-state index in [0.29, 0.717) is 17.9 Å². The predicted octanol–water partition coefficient (Wildman–Crippen LogP) is 3.47. The molecule has 2 fully saturated rings. The van der Waals surface area contributed by atoms with Gasteiger partial charge >= 0.3 is 0 Å². The molecule has 0 atom stereocenters. The Morgan fingerprint density at radius 2 is 1.84 bits per heavy atom. The average molecular weight is 440 g/mol. The summed E-state index contributed by atoms with van der Waals surface area (Å²) in [5.41, 5.74) is 3.76. The fourth-order valence-corrected chi connectivity index (χ4v) is 6.12. The van der Waals surface area contributed by atoms with E-state index in [1.807, 2.05) is 4.90 Å². The molecule has 2 aromatic heterocycles. The highest BCUT2D eigenvalue weighted by Gasteiger charge is 2.31. The van der Waals surface area contributed by atoms with Gasteiger partial charge in [-0.05, 0) is 38.5 Å². The largest absolute Gasteiger partial charge is 0.342 e. The minimum atomic E-state index is 0.0697. The molecule has 0 bridgehead atoms. The number of H-pyrrole nitrogens is 1. The normalized spacial score (nSPS) is 21.0. The third-order valence-corrected chi connectivity index (χ3v) is 8.23. The first kappa shape index (κ1) is 21.7. The van der Waals surface area contributed by atoms with Crippen molar-refractivity contribution in [3.05, 3.63) is 33.4 Å². The second-order valence-electron chi connectivity index (χ2n) is 10.0. The summed E-state index contributed by atoms with van der Waals surface area (Å²) in [5.74, 6) is 0.800. The lowest BCUT2D eigenvalue weighted by Crippen LogP contribution is -2.41. The van der Waals surface area contributed by atoms with Gasteiger partial charge < -0.3 is 4.90 Å². The molecule has 1 N–H and O–H groups in total. The number of nitrogens with zero attached hydrogens (tertiary/aromatic N) is 4. The molecule has 0 radical (unpaired) electrons. The zero-order valence-electron chi connectivity index (χ0n) is 19.6. The van der Waals surface area contributed by atoms with Crippen LogP contribution in [0, 0.1) is 5.92 Å². The summed E-state index contributed by atoms with van der Waals surface area (Å²) < 4.78 is 1.66. The molecule has 1 amide bonds. The van der Waals surface area contributed by atoms with Gasteiger partial charge in [-0.15, -0.1) is 0 Å². The Bertz CT molecular complexity index is 1020. The molecule has 2 aliphatic heterocycles. The number of rotatable bonds is 5. The van der Waals surface area contributed by atoms with Crippen LogP contribution < -0.4 is 5.56 Å². The lowest BCUT2D eigenvalue weighted by Gasteiger charge is -2.33. The summed E-state index contributed by atoms with van der Waals surface area (Å²) in [7, 11) is 0. The minimum Gasteiger partial charge on any atom is -0.342 e. The molecule has 1 saturated heterocycles. The Balaban J connectivity index is 1.32. The fourth-order valence-electron chi connectivity index (χ4n) is 6.12. The molecule has 1 aliphatic carbocycles. The molecule has 0 aromatic carbocycles. The molecule has 3 aliphatic rings. The van der Waals surface area contributed by atoms with Gasteiger partial charge in [0.05, 0.1) is 11.3 Å². The van der Waals surface area contributed by atoms with Crippen molar-refractivity contribution < 1.29 is 4.79 Å². The zero-order chi connectivity index (χ0) is 22.2. The van der Waals surface area contributed by atoms with Gasteiger partial charge in [0.25, 0.3) is 5.56 Å². The van der Waals surface area contributed by atoms with Gasteiger partial charge in [-0.1, -0.05) is 26.7 Å².